The molecule has 2 atom stereocenters. The highest BCUT2D eigenvalue weighted by Crippen LogP contribution is 2.35. The number of hydrogen-bond donors (Lipinski definition) is 1. The second kappa shape index (κ2) is 6.41. The van der Waals surface area contributed by atoms with E-state index >= 15 is 0 Å². The predicted molar refractivity (Wildman–Crippen MR) is 87.9 cm³/mol. The van der Waals surface area contributed by atoms with E-state index in [2.05, 4.69) is 49.4 Å². The zero-order chi connectivity index (χ0) is 15.5. The smallest absolute Gasteiger partial charge is 0.161 e. The van der Waals surface area contributed by atoms with Crippen molar-refractivity contribution in [1.82, 2.24) is 0 Å². The summed E-state index contributed by atoms with van der Waals surface area (Å²) in [6.07, 6.45) is 1.09. The highest BCUT2D eigenvalue weighted by Gasteiger charge is 2.32. The molecule has 0 bridgehead atoms. The summed E-state index contributed by atoms with van der Waals surface area (Å²) in [5.74, 6) is 1.65. The Hall–Kier alpha value is -2.00. The fourth-order valence-corrected chi connectivity index (χ4v) is 3.52. The maximum atomic E-state index is 5.52. The molecule has 0 aromatic heterocycles. The van der Waals surface area contributed by atoms with Crippen LogP contribution in [0, 0.1) is 0 Å². The van der Waals surface area contributed by atoms with Crippen LogP contribution >= 0.6 is 0 Å². The first-order chi connectivity index (χ1) is 10.8. The molecule has 22 heavy (non-hydrogen) atoms. The van der Waals surface area contributed by atoms with Crippen molar-refractivity contribution in [2.45, 2.75) is 19.4 Å². The second-order valence-corrected chi connectivity index (χ2v) is 5.76. The maximum Gasteiger partial charge on any atom is 0.161 e. The van der Waals surface area contributed by atoms with Gasteiger partial charge in [-0.15, -0.1) is 0 Å². The van der Waals surface area contributed by atoms with Crippen LogP contribution in [0.1, 0.15) is 29.7 Å². The first kappa shape index (κ1) is 14.9. The van der Waals surface area contributed by atoms with Crippen LogP contribution in [0.2, 0.25) is 0 Å². The number of nitrogens with one attached hydrogen (secondary N) is 1. The van der Waals surface area contributed by atoms with E-state index in [4.69, 9.17) is 9.47 Å². The monoisotopic (exact) mass is 298 g/mol. The normalized spacial score (nSPS) is 20.3. The lowest BCUT2D eigenvalue weighted by Crippen LogP contribution is -3.13. The van der Waals surface area contributed by atoms with Crippen LogP contribution in [0.4, 0.5) is 0 Å². The minimum Gasteiger partial charge on any atom is -0.493 e. The van der Waals surface area contributed by atoms with Crippen molar-refractivity contribution >= 4 is 0 Å². The molecule has 0 fully saturated rings. The zero-order valence-corrected chi connectivity index (χ0v) is 13.6. The Bertz CT molecular complexity index is 639. The quantitative estimate of drug-likeness (QED) is 0.935. The summed E-state index contributed by atoms with van der Waals surface area (Å²) in [6, 6.07) is 15.5. The number of fused-ring (bicyclic) bond motifs is 1. The summed E-state index contributed by atoms with van der Waals surface area (Å²) >= 11 is 0. The molecule has 2 aromatic rings. The standard InChI is InChI=1S/C19H23NO2/c1-4-20-11-10-15-12-17(21-2)18(22-3)13-16(15)19(20)14-8-6-5-7-9-14/h5-9,12-13,19H,4,10-11H2,1-3H3/p+1. The lowest BCUT2D eigenvalue weighted by molar-refractivity contribution is -0.926. The molecule has 3 rings (SSSR count). The maximum absolute atomic E-state index is 5.52. The van der Waals surface area contributed by atoms with E-state index in [0.29, 0.717) is 6.04 Å². The molecular formula is C19H24NO2+. The van der Waals surface area contributed by atoms with Crippen molar-refractivity contribution < 1.29 is 14.4 Å². The van der Waals surface area contributed by atoms with Gasteiger partial charge >= 0.3 is 0 Å². The largest absolute Gasteiger partial charge is 0.493 e. The Labute approximate surface area is 132 Å². The Morgan fingerprint density at radius 3 is 2.36 bits per heavy atom. The third-order valence-electron chi connectivity index (χ3n) is 4.67. The van der Waals surface area contributed by atoms with Crippen molar-refractivity contribution in [3.05, 3.63) is 59.2 Å². The topological polar surface area (TPSA) is 22.9 Å². The van der Waals surface area contributed by atoms with Gasteiger partial charge in [0, 0.05) is 17.5 Å². The highest BCUT2D eigenvalue weighted by molar-refractivity contribution is 5.50. The summed E-state index contributed by atoms with van der Waals surface area (Å²) in [6.45, 7) is 4.53. The van der Waals surface area contributed by atoms with Crippen LogP contribution in [0.5, 0.6) is 11.5 Å². The Balaban J connectivity index is 2.13. The molecule has 2 unspecified atom stereocenters. The molecule has 2 aromatic carbocycles. The van der Waals surface area contributed by atoms with Gasteiger partial charge in [-0.1, -0.05) is 30.3 Å². The molecule has 1 heterocycles. The third kappa shape index (κ3) is 2.57. The molecule has 3 heteroatoms. The summed E-state index contributed by atoms with van der Waals surface area (Å²) in [5.41, 5.74) is 4.11. The van der Waals surface area contributed by atoms with Crippen molar-refractivity contribution in [2.24, 2.45) is 0 Å². The molecule has 1 aliphatic heterocycles. The summed E-state index contributed by atoms with van der Waals surface area (Å²) in [4.78, 5) is 1.60. The van der Waals surface area contributed by atoms with Crippen LogP contribution in [0.15, 0.2) is 42.5 Å². The van der Waals surface area contributed by atoms with Crippen LogP contribution < -0.4 is 14.4 Å². The van der Waals surface area contributed by atoms with Gasteiger partial charge in [-0.2, -0.15) is 0 Å². The van der Waals surface area contributed by atoms with Gasteiger partial charge in [0.05, 0.1) is 27.3 Å². The lowest BCUT2D eigenvalue weighted by Gasteiger charge is -2.34. The van der Waals surface area contributed by atoms with Crippen molar-refractivity contribution in [1.29, 1.82) is 0 Å². The van der Waals surface area contributed by atoms with E-state index in [1.165, 1.54) is 16.7 Å². The average Bonchev–Trinajstić information content (AvgIpc) is 2.60. The van der Waals surface area contributed by atoms with E-state index in [1.54, 1.807) is 19.1 Å². The molecule has 0 amide bonds. The number of hydrogen-bond acceptors (Lipinski definition) is 2. The van der Waals surface area contributed by atoms with E-state index in [1.807, 2.05) is 0 Å². The van der Waals surface area contributed by atoms with Crippen LogP contribution in [0.25, 0.3) is 0 Å². The molecule has 3 nitrogen and oxygen atoms in total. The van der Waals surface area contributed by atoms with Gasteiger partial charge in [0.2, 0.25) is 0 Å². The predicted octanol–water partition coefficient (Wildman–Crippen LogP) is 2.25. The minimum absolute atomic E-state index is 0.370. The number of methoxy groups -OCH3 is 2. The first-order valence-electron chi connectivity index (χ1n) is 7.92. The molecule has 1 N–H and O–H groups in total. The second-order valence-electron chi connectivity index (χ2n) is 5.76. The zero-order valence-electron chi connectivity index (χ0n) is 13.6. The van der Waals surface area contributed by atoms with Gasteiger partial charge in [0.1, 0.15) is 6.04 Å². The highest BCUT2D eigenvalue weighted by atomic mass is 16.5. The number of ether oxygens (including phenoxy) is 2. The van der Waals surface area contributed by atoms with Crippen LogP contribution in [-0.4, -0.2) is 27.3 Å². The lowest BCUT2D eigenvalue weighted by atomic mass is 9.87. The van der Waals surface area contributed by atoms with E-state index in [9.17, 15) is 0 Å². The Morgan fingerprint density at radius 2 is 1.73 bits per heavy atom. The van der Waals surface area contributed by atoms with Crippen molar-refractivity contribution in [2.75, 3.05) is 27.3 Å². The molecule has 116 valence electrons. The van der Waals surface area contributed by atoms with Crippen LogP contribution in [-0.2, 0) is 6.42 Å². The van der Waals surface area contributed by atoms with Gasteiger partial charge in [0.25, 0.3) is 0 Å². The summed E-state index contributed by atoms with van der Waals surface area (Å²) in [7, 11) is 3.40. The number of benzene rings is 2. The molecule has 1 aliphatic rings. The van der Waals surface area contributed by atoms with Gasteiger partial charge < -0.3 is 14.4 Å². The minimum atomic E-state index is 0.370. The molecule has 0 saturated heterocycles. The van der Waals surface area contributed by atoms with Gasteiger partial charge in [-0.25, -0.2) is 0 Å². The van der Waals surface area contributed by atoms with Crippen LogP contribution in [0.3, 0.4) is 0 Å². The Morgan fingerprint density at radius 1 is 1.05 bits per heavy atom. The first-order valence-corrected chi connectivity index (χ1v) is 7.92. The average molecular weight is 298 g/mol. The van der Waals surface area contributed by atoms with E-state index in [-0.39, 0.29) is 0 Å². The number of rotatable bonds is 4. The van der Waals surface area contributed by atoms with Gasteiger partial charge in [-0.3, -0.25) is 0 Å². The molecule has 0 saturated carbocycles. The molecule has 0 radical (unpaired) electrons. The van der Waals surface area contributed by atoms with E-state index in [0.717, 1.165) is 31.0 Å². The number of likely N-dealkylation sites (N-methyl/N-ethyl adjacent to an activating group) is 1. The molecule has 0 spiro atoms. The SMILES string of the molecule is CC[NH+]1CCc2cc(OC)c(OC)cc2C1c1ccccc1. The molecule has 0 aliphatic carbocycles. The fraction of sp³-hybridized carbons (Fsp3) is 0.368. The Kier molecular flexibility index (Phi) is 4.34. The fourth-order valence-electron chi connectivity index (χ4n) is 3.52. The van der Waals surface area contributed by atoms with Gasteiger partial charge in [-0.05, 0) is 24.6 Å². The number of quaternary nitrogens is 1. The van der Waals surface area contributed by atoms with Crippen molar-refractivity contribution in [3.8, 4) is 11.5 Å². The summed E-state index contributed by atoms with van der Waals surface area (Å²) in [5, 5.41) is 0. The van der Waals surface area contributed by atoms with E-state index < -0.39 is 0 Å². The van der Waals surface area contributed by atoms with Crippen molar-refractivity contribution in [3.63, 3.8) is 0 Å². The third-order valence-corrected chi connectivity index (χ3v) is 4.67. The molecular weight excluding hydrogens is 274 g/mol. The van der Waals surface area contributed by atoms with Gasteiger partial charge in [0.15, 0.2) is 11.5 Å². The summed E-state index contributed by atoms with van der Waals surface area (Å²) < 4.78 is 11.0.